The molecule has 1 rings (SSSR count). The smallest absolute Gasteiger partial charge is 0.304 e. The van der Waals surface area contributed by atoms with Crippen molar-refractivity contribution in [3.05, 3.63) is 29.8 Å². The molecule has 0 unspecified atom stereocenters. The van der Waals surface area contributed by atoms with Gasteiger partial charge in [0.05, 0.1) is 13.5 Å². The molecule has 1 N–H and O–H groups in total. The van der Waals surface area contributed by atoms with Crippen molar-refractivity contribution in [2.24, 2.45) is 0 Å². The first-order valence-electron chi connectivity index (χ1n) is 4.66. The SMILES string of the molecule is COc1ccc(C(=O)SCCC(=O)O)cc1. The van der Waals surface area contributed by atoms with Crippen molar-refractivity contribution in [3.63, 3.8) is 0 Å². The highest BCUT2D eigenvalue weighted by Crippen LogP contribution is 2.17. The second-order valence-corrected chi connectivity index (χ2v) is 4.08. The number of carboxylic acid groups (broad SMARTS) is 1. The molecule has 0 atom stereocenters. The van der Waals surface area contributed by atoms with E-state index >= 15 is 0 Å². The quantitative estimate of drug-likeness (QED) is 0.853. The summed E-state index contributed by atoms with van der Waals surface area (Å²) < 4.78 is 4.97. The Labute approximate surface area is 97.6 Å². The molecule has 0 aliphatic rings. The fourth-order valence-electron chi connectivity index (χ4n) is 1.04. The van der Waals surface area contributed by atoms with E-state index in [1.54, 1.807) is 31.4 Å². The van der Waals surface area contributed by atoms with E-state index in [0.717, 1.165) is 11.8 Å². The lowest BCUT2D eigenvalue weighted by atomic mass is 10.2. The molecule has 0 aromatic heterocycles. The van der Waals surface area contributed by atoms with E-state index in [0.29, 0.717) is 17.1 Å². The Hall–Kier alpha value is -1.49. The maximum Gasteiger partial charge on any atom is 0.304 e. The summed E-state index contributed by atoms with van der Waals surface area (Å²) in [6, 6.07) is 6.72. The van der Waals surface area contributed by atoms with E-state index in [1.165, 1.54) is 0 Å². The number of aliphatic carboxylic acids is 1. The summed E-state index contributed by atoms with van der Waals surface area (Å²) in [6.07, 6.45) is -0.00738. The van der Waals surface area contributed by atoms with Crippen molar-refractivity contribution in [1.29, 1.82) is 0 Å². The van der Waals surface area contributed by atoms with E-state index in [2.05, 4.69) is 0 Å². The molecule has 0 saturated heterocycles. The molecule has 5 heteroatoms. The van der Waals surface area contributed by atoms with Crippen molar-refractivity contribution >= 4 is 22.8 Å². The summed E-state index contributed by atoms with van der Waals surface area (Å²) in [6.45, 7) is 0. The van der Waals surface area contributed by atoms with Crippen LogP contribution in [0.2, 0.25) is 0 Å². The Morgan fingerprint density at radius 3 is 2.44 bits per heavy atom. The average molecular weight is 240 g/mol. The van der Waals surface area contributed by atoms with E-state index in [-0.39, 0.29) is 11.5 Å². The summed E-state index contributed by atoms with van der Waals surface area (Å²) in [5.41, 5.74) is 0.552. The third-order valence-electron chi connectivity index (χ3n) is 1.87. The lowest BCUT2D eigenvalue weighted by molar-refractivity contribution is -0.136. The van der Waals surface area contributed by atoms with Gasteiger partial charge < -0.3 is 9.84 Å². The van der Waals surface area contributed by atoms with Crippen molar-refractivity contribution in [2.75, 3.05) is 12.9 Å². The van der Waals surface area contributed by atoms with Crippen LogP contribution in [0.25, 0.3) is 0 Å². The first-order valence-corrected chi connectivity index (χ1v) is 5.65. The molecular formula is C11H12O4S. The third-order valence-corrected chi connectivity index (χ3v) is 2.78. The molecule has 0 spiro atoms. The lowest BCUT2D eigenvalue weighted by Crippen LogP contribution is -2.00. The van der Waals surface area contributed by atoms with Gasteiger partial charge in [-0.05, 0) is 24.3 Å². The first kappa shape index (κ1) is 12.6. The Morgan fingerprint density at radius 1 is 1.31 bits per heavy atom. The minimum atomic E-state index is -0.893. The van der Waals surface area contributed by atoms with Crippen LogP contribution in [0.5, 0.6) is 5.75 Å². The number of hydrogen-bond acceptors (Lipinski definition) is 4. The lowest BCUT2D eigenvalue weighted by Gasteiger charge is -2.01. The minimum Gasteiger partial charge on any atom is -0.497 e. The van der Waals surface area contributed by atoms with Gasteiger partial charge in [-0.1, -0.05) is 11.8 Å². The molecule has 0 saturated carbocycles. The standard InChI is InChI=1S/C11H12O4S/c1-15-9-4-2-8(3-5-9)11(14)16-7-6-10(12)13/h2-5H,6-7H2,1H3,(H,12,13). The van der Waals surface area contributed by atoms with Gasteiger partial charge in [0.15, 0.2) is 0 Å². The maximum atomic E-state index is 11.6. The Morgan fingerprint density at radius 2 is 1.94 bits per heavy atom. The number of ether oxygens (including phenoxy) is 1. The summed E-state index contributed by atoms with van der Waals surface area (Å²) >= 11 is 1.01. The highest BCUT2D eigenvalue weighted by atomic mass is 32.2. The molecular weight excluding hydrogens is 228 g/mol. The first-order chi connectivity index (χ1) is 7.63. The second kappa shape index (κ2) is 6.17. The Bertz CT molecular complexity index is 372. The van der Waals surface area contributed by atoms with E-state index in [9.17, 15) is 9.59 Å². The van der Waals surface area contributed by atoms with Crippen LogP contribution in [-0.2, 0) is 4.79 Å². The minimum absolute atomic E-state index is 0.00738. The second-order valence-electron chi connectivity index (χ2n) is 3.01. The molecule has 16 heavy (non-hydrogen) atoms. The van der Waals surface area contributed by atoms with E-state index in [4.69, 9.17) is 9.84 Å². The average Bonchev–Trinajstić information content (AvgIpc) is 2.28. The van der Waals surface area contributed by atoms with Gasteiger partial charge in [-0.2, -0.15) is 0 Å². The molecule has 0 bridgehead atoms. The van der Waals surface area contributed by atoms with Gasteiger partial charge in [-0.15, -0.1) is 0 Å². The van der Waals surface area contributed by atoms with Crippen molar-refractivity contribution < 1.29 is 19.4 Å². The van der Waals surface area contributed by atoms with E-state index < -0.39 is 5.97 Å². The van der Waals surface area contributed by atoms with Crippen molar-refractivity contribution in [2.45, 2.75) is 6.42 Å². The van der Waals surface area contributed by atoms with Gasteiger partial charge in [-0.25, -0.2) is 0 Å². The fourth-order valence-corrected chi connectivity index (χ4v) is 1.81. The van der Waals surface area contributed by atoms with Gasteiger partial charge in [0, 0.05) is 11.3 Å². The molecule has 0 amide bonds. The number of benzene rings is 1. The fraction of sp³-hybridized carbons (Fsp3) is 0.273. The molecule has 4 nitrogen and oxygen atoms in total. The zero-order valence-electron chi connectivity index (χ0n) is 8.80. The van der Waals surface area contributed by atoms with Gasteiger partial charge in [0.2, 0.25) is 5.12 Å². The van der Waals surface area contributed by atoms with Gasteiger partial charge >= 0.3 is 5.97 Å². The van der Waals surface area contributed by atoms with Crippen LogP contribution >= 0.6 is 11.8 Å². The monoisotopic (exact) mass is 240 g/mol. The van der Waals surface area contributed by atoms with Crippen LogP contribution in [-0.4, -0.2) is 29.1 Å². The Balaban J connectivity index is 2.49. The van der Waals surface area contributed by atoms with Gasteiger partial charge in [0.1, 0.15) is 5.75 Å². The number of carboxylic acids is 1. The predicted octanol–water partition coefficient (Wildman–Crippen LogP) is 2.04. The summed E-state index contributed by atoms with van der Waals surface area (Å²) in [4.78, 5) is 21.8. The topological polar surface area (TPSA) is 63.6 Å². The number of rotatable bonds is 5. The molecule has 86 valence electrons. The number of methoxy groups -OCH3 is 1. The van der Waals surface area contributed by atoms with Crippen LogP contribution in [0, 0.1) is 0 Å². The van der Waals surface area contributed by atoms with Crippen LogP contribution < -0.4 is 4.74 Å². The Kier molecular flexibility index (Phi) is 4.85. The van der Waals surface area contributed by atoms with Crippen LogP contribution in [0.1, 0.15) is 16.8 Å². The molecule has 0 heterocycles. The zero-order valence-corrected chi connectivity index (χ0v) is 9.62. The highest BCUT2D eigenvalue weighted by molar-refractivity contribution is 8.14. The summed E-state index contributed by atoms with van der Waals surface area (Å²) in [7, 11) is 1.55. The maximum absolute atomic E-state index is 11.6. The number of hydrogen-bond donors (Lipinski definition) is 1. The normalized spacial score (nSPS) is 9.81. The predicted molar refractivity (Wildman–Crippen MR) is 62.0 cm³/mol. The molecule has 0 fully saturated rings. The van der Waals surface area contributed by atoms with Crippen LogP contribution in [0.3, 0.4) is 0 Å². The molecule has 0 radical (unpaired) electrons. The molecule has 0 aliphatic heterocycles. The third kappa shape index (κ3) is 3.94. The van der Waals surface area contributed by atoms with E-state index in [1.807, 2.05) is 0 Å². The number of thioether (sulfide) groups is 1. The van der Waals surface area contributed by atoms with Crippen LogP contribution in [0.4, 0.5) is 0 Å². The number of carbonyl (C=O) groups excluding carboxylic acids is 1. The van der Waals surface area contributed by atoms with Crippen LogP contribution in [0.15, 0.2) is 24.3 Å². The summed E-state index contributed by atoms with van der Waals surface area (Å²) in [5.74, 6) is 0.0855. The molecule has 1 aromatic rings. The molecule has 0 aliphatic carbocycles. The largest absolute Gasteiger partial charge is 0.497 e. The van der Waals surface area contributed by atoms with Crippen molar-refractivity contribution in [1.82, 2.24) is 0 Å². The number of carbonyl (C=O) groups is 2. The van der Waals surface area contributed by atoms with Crippen molar-refractivity contribution in [3.8, 4) is 5.75 Å². The van der Waals surface area contributed by atoms with Gasteiger partial charge in [0.25, 0.3) is 0 Å². The highest BCUT2D eigenvalue weighted by Gasteiger charge is 2.07. The van der Waals surface area contributed by atoms with Gasteiger partial charge in [-0.3, -0.25) is 9.59 Å². The zero-order chi connectivity index (χ0) is 12.0. The summed E-state index contributed by atoms with van der Waals surface area (Å²) in [5, 5.41) is 8.30. The molecule has 1 aromatic carbocycles.